The number of hydrogen-bond acceptors (Lipinski definition) is 4. The number of carbonyl (C=O) groups is 2. The summed E-state index contributed by atoms with van der Waals surface area (Å²) in [6.07, 6.45) is 2.13. The number of phenols is 1. The quantitative estimate of drug-likeness (QED) is 0.834. The molecule has 28 heavy (non-hydrogen) atoms. The molecule has 1 heterocycles. The third-order valence-corrected chi connectivity index (χ3v) is 4.84. The summed E-state index contributed by atoms with van der Waals surface area (Å²) in [4.78, 5) is 28.3. The zero-order valence-corrected chi connectivity index (χ0v) is 16.1. The van der Waals surface area contributed by atoms with Gasteiger partial charge in [0.15, 0.2) is 6.61 Å². The van der Waals surface area contributed by atoms with Crippen molar-refractivity contribution in [1.29, 1.82) is 0 Å². The molecule has 0 aromatic heterocycles. The summed E-state index contributed by atoms with van der Waals surface area (Å²) in [7, 11) is 0. The molecule has 0 saturated carbocycles. The van der Waals surface area contributed by atoms with Crippen LogP contribution in [-0.2, 0) is 11.2 Å². The molecule has 0 unspecified atom stereocenters. The van der Waals surface area contributed by atoms with Crippen LogP contribution in [0, 0.1) is 0 Å². The third-order valence-electron chi connectivity index (χ3n) is 4.84. The number of phenolic OH excluding ortho intramolecular Hbond substituents is 1. The first kappa shape index (κ1) is 19.7. The molecular formula is C22H26N2O4. The Morgan fingerprint density at radius 3 is 2.32 bits per heavy atom. The highest BCUT2D eigenvalue weighted by Gasteiger charge is 2.25. The van der Waals surface area contributed by atoms with Gasteiger partial charge in [0.05, 0.1) is 0 Å². The van der Waals surface area contributed by atoms with E-state index in [1.165, 1.54) is 17.7 Å². The molecular weight excluding hydrogens is 356 g/mol. The van der Waals surface area contributed by atoms with E-state index in [1.54, 1.807) is 21.9 Å². The van der Waals surface area contributed by atoms with Crippen molar-refractivity contribution >= 4 is 11.8 Å². The van der Waals surface area contributed by atoms with E-state index in [0.717, 1.165) is 12.8 Å². The van der Waals surface area contributed by atoms with Gasteiger partial charge in [-0.2, -0.15) is 0 Å². The van der Waals surface area contributed by atoms with Crippen LogP contribution in [0.2, 0.25) is 0 Å². The standard InChI is InChI=1S/C22H26N2O4/c1-2-4-17-7-9-20(10-8-17)28-16-21(26)23-11-13-24(14-12-23)22(27)18-5-3-6-19(25)15-18/h3,5-10,15,25H,2,4,11-14,16H2,1H3. The fourth-order valence-electron chi connectivity index (χ4n) is 3.26. The summed E-state index contributed by atoms with van der Waals surface area (Å²) in [5, 5.41) is 9.53. The highest BCUT2D eigenvalue weighted by Crippen LogP contribution is 2.16. The molecule has 148 valence electrons. The van der Waals surface area contributed by atoms with Gasteiger partial charge in [0, 0.05) is 31.7 Å². The Balaban J connectivity index is 1.46. The van der Waals surface area contributed by atoms with E-state index >= 15 is 0 Å². The average molecular weight is 382 g/mol. The molecule has 0 spiro atoms. The Bertz CT molecular complexity index is 812. The van der Waals surface area contributed by atoms with Gasteiger partial charge < -0.3 is 19.6 Å². The molecule has 2 amide bonds. The number of nitrogens with zero attached hydrogens (tertiary/aromatic N) is 2. The van der Waals surface area contributed by atoms with Crippen LogP contribution < -0.4 is 4.74 Å². The molecule has 0 bridgehead atoms. The van der Waals surface area contributed by atoms with Gasteiger partial charge >= 0.3 is 0 Å². The zero-order valence-electron chi connectivity index (χ0n) is 16.1. The molecule has 0 aliphatic carbocycles. The second kappa shape index (κ2) is 9.26. The van der Waals surface area contributed by atoms with Crippen LogP contribution in [0.3, 0.4) is 0 Å². The van der Waals surface area contributed by atoms with Crippen LogP contribution in [-0.4, -0.2) is 59.5 Å². The van der Waals surface area contributed by atoms with Crippen LogP contribution in [0.15, 0.2) is 48.5 Å². The maximum absolute atomic E-state index is 12.5. The van der Waals surface area contributed by atoms with Gasteiger partial charge in [-0.1, -0.05) is 31.5 Å². The number of amides is 2. The van der Waals surface area contributed by atoms with E-state index in [1.807, 2.05) is 24.3 Å². The molecule has 1 N–H and O–H groups in total. The van der Waals surface area contributed by atoms with Crippen LogP contribution in [0.5, 0.6) is 11.5 Å². The molecule has 6 nitrogen and oxygen atoms in total. The van der Waals surface area contributed by atoms with E-state index in [9.17, 15) is 14.7 Å². The largest absolute Gasteiger partial charge is 0.508 e. The Morgan fingerprint density at radius 2 is 1.68 bits per heavy atom. The highest BCUT2D eigenvalue weighted by atomic mass is 16.5. The molecule has 3 rings (SSSR count). The van der Waals surface area contributed by atoms with Crippen molar-refractivity contribution in [2.45, 2.75) is 19.8 Å². The van der Waals surface area contributed by atoms with Gasteiger partial charge in [-0.05, 0) is 42.3 Å². The molecule has 1 fully saturated rings. The second-order valence-electron chi connectivity index (χ2n) is 6.91. The number of aromatic hydroxyl groups is 1. The molecule has 2 aromatic carbocycles. The number of ether oxygens (including phenoxy) is 1. The lowest BCUT2D eigenvalue weighted by Gasteiger charge is -2.34. The van der Waals surface area contributed by atoms with Crippen molar-refractivity contribution in [2.24, 2.45) is 0 Å². The normalized spacial score (nSPS) is 14.0. The minimum atomic E-state index is -0.133. The first-order valence-electron chi connectivity index (χ1n) is 9.64. The predicted molar refractivity (Wildman–Crippen MR) is 107 cm³/mol. The van der Waals surface area contributed by atoms with E-state index in [4.69, 9.17) is 4.74 Å². The number of benzene rings is 2. The molecule has 1 aliphatic heterocycles. The number of carbonyl (C=O) groups excluding carboxylic acids is 2. The van der Waals surface area contributed by atoms with Crippen molar-refractivity contribution in [3.8, 4) is 11.5 Å². The first-order valence-corrected chi connectivity index (χ1v) is 9.64. The Labute approximate surface area is 165 Å². The van der Waals surface area contributed by atoms with Gasteiger partial charge in [0.2, 0.25) is 0 Å². The van der Waals surface area contributed by atoms with Gasteiger partial charge in [-0.25, -0.2) is 0 Å². The number of hydrogen-bond donors (Lipinski definition) is 1. The van der Waals surface area contributed by atoms with Crippen LogP contribution >= 0.6 is 0 Å². The van der Waals surface area contributed by atoms with Gasteiger partial charge in [0.1, 0.15) is 11.5 Å². The summed E-state index contributed by atoms with van der Waals surface area (Å²) >= 11 is 0. The van der Waals surface area contributed by atoms with Crippen molar-refractivity contribution < 1.29 is 19.4 Å². The number of aryl methyl sites for hydroxylation is 1. The van der Waals surface area contributed by atoms with Gasteiger partial charge in [-0.15, -0.1) is 0 Å². The lowest BCUT2D eigenvalue weighted by Crippen LogP contribution is -2.51. The molecule has 1 saturated heterocycles. The van der Waals surface area contributed by atoms with Crippen LogP contribution in [0.4, 0.5) is 0 Å². The summed E-state index contributed by atoms with van der Waals surface area (Å²) < 4.78 is 5.61. The van der Waals surface area contributed by atoms with Crippen molar-refractivity contribution in [2.75, 3.05) is 32.8 Å². The minimum absolute atomic E-state index is 0.00632. The fourth-order valence-corrected chi connectivity index (χ4v) is 3.26. The fraction of sp³-hybridized carbons (Fsp3) is 0.364. The topological polar surface area (TPSA) is 70.1 Å². The van der Waals surface area contributed by atoms with Gasteiger partial charge in [0.25, 0.3) is 11.8 Å². The smallest absolute Gasteiger partial charge is 0.260 e. The van der Waals surface area contributed by atoms with Crippen LogP contribution in [0.1, 0.15) is 29.3 Å². The van der Waals surface area contributed by atoms with Crippen molar-refractivity contribution in [1.82, 2.24) is 9.80 Å². The van der Waals surface area contributed by atoms with E-state index in [0.29, 0.717) is 37.5 Å². The first-order chi connectivity index (χ1) is 13.6. The Morgan fingerprint density at radius 1 is 1.00 bits per heavy atom. The monoisotopic (exact) mass is 382 g/mol. The molecule has 1 aliphatic rings. The van der Waals surface area contributed by atoms with Crippen molar-refractivity contribution in [3.05, 3.63) is 59.7 Å². The predicted octanol–water partition coefficient (Wildman–Crippen LogP) is 2.71. The molecule has 2 aromatic rings. The van der Waals surface area contributed by atoms with Crippen LogP contribution in [0.25, 0.3) is 0 Å². The summed E-state index contributed by atoms with van der Waals surface area (Å²) in [6, 6.07) is 14.1. The summed E-state index contributed by atoms with van der Waals surface area (Å²) in [6.45, 7) is 4.01. The minimum Gasteiger partial charge on any atom is -0.508 e. The maximum Gasteiger partial charge on any atom is 0.260 e. The van der Waals surface area contributed by atoms with Crippen molar-refractivity contribution in [3.63, 3.8) is 0 Å². The molecule has 0 atom stereocenters. The third kappa shape index (κ3) is 5.03. The molecule has 0 radical (unpaired) electrons. The summed E-state index contributed by atoms with van der Waals surface area (Å²) in [5.41, 5.74) is 1.71. The Kier molecular flexibility index (Phi) is 6.53. The zero-order chi connectivity index (χ0) is 19.9. The van der Waals surface area contributed by atoms with E-state index in [2.05, 4.69) is 6.92 Å². The number of piperazine rings is 1. The highest BCUT2D eigenvalue weighted by molar-refractivity contribution is 5.94. The van der Waals surface area contributed by atoms with E-state index in [-0.39, 0.29) is 24.2 Å². The second-order valence-corrected chi connectivity index (χ2v) is 6.91. The van der Waals surface area contributed by atoms with E-state index < -0.39 is 0 Å². The lowest BCUT2D eigenvalue weighted by molar-refractivity contribution is -0.134. The lowest BCUT2D eigenvalue weighted by atomic mass is 10.1. The SMILES string of the molecule is CCCc1ccc(OCC(=O)N2CCN(C(=O)c3cccc(O)c3)CC2)cc1. The average Bonchev–Trinajstić information content (AvgIpc) is 2.73. The Hall–Kier alpha value is -3.02. The maximum atomic E-state index is 12.5. The van der Waals surface area contributed by atoms with Gasteiger partial charge in [-0.3, -0.25) is 9.59 Å². The number of rotatable bonds is 6. The summed E-state index contributed by atoms with van der Waals surface area (Å²) in [5.74, 6) is 0.541. The molecule has 6 heteroatoms.